The van der Waals surface area contributed by atoms with E-state index in [9.17, 15) is 4.79 Å². The number of rotatable bonds is 6. The van der Waals surface area contributed by atoms with E-state index in [0.717, 1.165) is 22.8 Å². The number of hydrogen-bond donors (Lipinski definition) is 1. The summed E-state index contributed by atoms with van der Waals surface area (Å²) >= 11 is 1.64. The summed E-state index contributed by atoms with van der Waals surface area (Å²) in [4.78, 5) is 20.2. The van der Waals surface area contributed by atoms with E-state index in [0.29, 0.717) is 12.2 Å². The van der Waals surface area contributed by atoms with E-state index < -0.39 is 0 Å². The van der Waals surface area contributed by atoms with Gasteiger partial charge in [0.15, 0.2) is 0 Å². The van der Waals surface area contributed by atoms with Crippen LogP contribution >= 0.6 is 11.8 Å². The lowest BCUT2D eigenvalue weighted by Crippen LogP contribution is -2.24. The van der Waals surface area contributed by atoms with E-state index in [1.54, 1.807) is 24.2 Å². The van der Waals surface area contributed by atoms with E-state index >= 15 is 0 Å². The molecule has 0 saturated carbocycles. The molecule has 2 rings (SSSR count). The second-order valence-corrected chi connectivity index (χ2v) is 5.26. The van der Waals surface area contributed by atoms with Crippen LogP contribution in [-0.2, 0) is 5.75 Å². The van der Waals surface area contributed by atoms with Crippen molar-refractivity contribution in [3.8, 4) is 0 Å². The van der Waals surface area contributed by atoms with Gasteiger partial charge in [0.1, 0.15) is 5.69 Å². The van der Waals surface area contributed by atoms with E-state index in [1.807, 2.05) is 37.3 Å². The summed E-state index contributed by atoms with van der Waals surface area (Å²) in [7, 11) is 0. The van der Waals surface area contributed by atoms with Gasteiger partial charge in [-0.25, -0.2) is 4.98 Å². The van der Waals surface area contributed by atoms with Crippen LogP contribution in [0.3, 0.4) is 0 Å². The van der Waals surface area contributed by atoms with Gasteiger partial charge in [0, 0.05) is 24.7 Å². The number of aromatic nitrogens is 2. The minimum atomic E-state index is -0.114. The topological polar surface area (TPSA) is 54.9 Å². The average Bonchev–Trinajstić information content (AvgIpc) is 2.52. The Kier molecular flexibility index (Phi) is 5.55. The second kappa shape index (κ2) is 7.65. The zero-order valence-corrected chi connectivity index (χ0v) is 12.2. The van der Waals surface area contributed by atoms with Crippen molar-refractivity contribution < 1.29 is 4.79 Å². The fourth-order valence-corrected chi connectivity index (χ4v) is 2.41. The molecular weight excluding hydrogens is 270 g/mol. The molecule has 0 spiro atoms. The molecule has 5 heteroatoms. The molecule has 2 aromatic heterocycles. The highest BCUT2D eigenvalue weighted by Crippen LogP contribution is 2.20. The van der Waals surface area contributed by atoms with Crippen LogP contribution in [0.25, 0.3) is 0 Å². The molecule has 1 N–H and O–H groups in total. The van der Waals surface area contributed by atoms with Crippen LogP contribution in [0.5, 0.6) is 0 Å². The molecule has 2 aromatic rings. The zero-order valence-electron chi connectivity index (χ0n) is 11.4. The average molecular weight is 287 g/mol. The summed E-state index contributed by atoms with van der Waals surface area (Å²) in [6.45, 7) is 2.70. The van der Waals surface area contributed by atoms with Gasteiger partial charge in [-0.3, -0.25) is 9.78 Å². The number of thioether (sulfide) groups is 1. The van der Waals surface area contributed by atoms with Gasteiger partial charge >= 0.3 is 0 Å². The molecule has 20 heavy (non-hydrogen) atoms. The smallest absolute Gasteiger partial charge is 0.269 e. The Labute approximate surface area is 123 Å². The number of nitrogens with one attached hydrogen (secondary N) is 1. The highest BCUT2D eigenvalue weighted by molar-refractivity contribution is 7.98. The summed E-state index contributed by atoms with van der Waals surface area (Å²) in [5.41, 5.74) is 1.54. The van der Waals surface area contributed by atoms with Gasteiger partial charge in [0.25, 0.3) is 5.91 Å². The molecule has 0 radical (unpaired) electrons. The van der Waals surface area contributed by atoms with Crippen LogP contribution in [0.1, 0.15) is 29.4 Å². The van der Waals surface area contributed by atoms with Gasteiger partial charge in [-0.2, -0.15) is 0 Å². The monoisotopic (exact) mass is 287 g/mol. The molecule has 0 aliphatic heterocycles. The Morgan fingerprint density at radius 3 is 2.90 bits per heavy atom. The number of hydrogen-bond acceptors (Lipinski definition) is 4. The number of carbonyl (C=O) groups is 1. The van der Waals surface area contributed by atoms with Gasteiger partial charge in [0.2, 0.25) is 0 Å². The molecule has 0 aliphatic carbocycles. The fourth-order valence-electron chi connectivity index (χ4n) is 1.61. The number of amides is 1. The normalized spacial score (nSPS) is 10.2. The molecule has 104 valence electrons. The van der Waals surface area contributed by atoms with Crippen molar-refractivity contribution in [1.82, 2.24) is 15.3 Å². The SMILES string of the molecule is CCCNC(=O)c1cc(CSc2ccccn2)ccn1. The third-order valence-corrected chi connectivity index (χ3v) is 3.63. The summed E-state index contributed by atoms with van der Waals surface area (Å²) < 4.78 is 0. The lowest BCUT2D eigenvalue weighted by molar-refractivity contribution is 0.0948. The third kappa shape index (κ3) is 4.35. The van der Waals surface area contributed by atoms with Gasteiger partial charge in [0.05, 0.1) is 5.03 Å². The highest BCUT2D eigenvalue weighted by atomic mass is 32.2. The van der Waals surface area contributed by atoms with Crippen molar-refractivity contribution in [3.05, 3.63) is 54.0 Å². The molecular formula is C15H17N3OS. The standard InChI is InChI=1S/C15H17N3OS/c1-2-7-18-15(19)13-10-12(6-9-16-13)11-20-14-5-3-4-8-17-14/h3-6,8-10H,2,7,11H2,1H3,(H,18,19). The third-order valence-electron chi connectivity index (χ3n) is 2.62. The van der Waals surface area contributed by atoms with Crippen molar-refractivity contribution >= 4 is 17.7 Å². The molecule has 0 atom stereocenters. The quantitative estimate of drug-likeness (QED) is 0.830. The summed E-state index contributed by atoms with van der Waals surface area (Å²) in [5.74, 6) is 0.657. The van der Waals surface area contributed by atoms with Gasteiger partial charge in [-0.05, 0) is 36.2 Å². The summed E-state index contributed by atoms with van der Waals surface area (Å²) in [6, 6.07) is 9.59. The molecule has 0 aliphatic rings. The van der Waals surface area contributed by atoms with Crippen LogP contribution in [0.15, 0.2) is 47.8 Å². The molecule has 0 fully saturated rings. The Morgan fingerprint density at radius 1 is 1.25 bits per heavy atom. The summed E-state index contributed by atoms with van der Waals surface area (Å²) in [5, 5.41) is 3.80. The molecule has 2 heterocycles. The maximum absolute atomic E-state index is 11.8. The van der Waals surface area contributed by atoms with E-state index in [-0.39, 0.29) is 5.91 Å². The number of carbonyl (C=O) groups excluding carboxylic acids is 1. The Morgan fingerprint density at radius 2 is 2.15 bits per heavy atom. The van der Waals surface area contributed by atoms with Crippen LogP contribution in [0, 0.1) is 0 Å². The molecule has 4 nitrogen and oxygen atoms in total. The molecule has 0 unspecified atom stereocenters. The lowest BCUT2D eigenvalue weighted by atomic mass is 10.2. The van der Waals surface area contributed by atoms with Crippen molar-refractivity contribution in [2.75, 3.05) is 6.54 Å². The maximum Gasteiger partial charge on any atom is 0.269 e. The number of nitrogens with zero attached hydrogens (tertiary/aromatic N) is 2. The van der Waals surface area contributed by atoms with Crippen LogP contribution in [-0.4, -0.2) is 22.4 Å². The lowest BCUT2D eigenvalue weighted by Gasteiger charge is -2.05. The van der Waals surface area contributed by atoms with Crippen molar-refractivity contribution in [2.45, 2.75) is 24.1 Å². The van der Waals surface area contributed by atoms with Crippen molar-refractivity contribution in [1.29, 1.82) is 0 Å². The van der Waals surface area contributed by atoms with Gasteiger partial charge in [-0.15, -0.1) is 11.8 Å². The first-order valence-electron chi connectivity index (χ1n) is 6.56. The van der Waals surface area contributed by atoms with Crippen LogP contribution < -0.4 is 5.32 Å². The first-order chi connectivity index (χ1) is 9.79. The fraction of sp³-hybridized carbons (Fsp3) is 0.267. The van der Waals surface area contributed by atoms with Gasteiger partial charge < -0.3 is 5.32 Å². The summed E-state index contributed by atoms with van der Waals surface area (Å²) in [6.07, 6.45) is 4.37. The second-order valence-electron chi connectivity index (χ2n) is 4.26. The van der Waals surface area contributed by atoms with Crippen molar-refractivity contribution in [3.63, 3.8) is 0 Å². The van der Waals surface area contributed by atoms with E-state index in [2.05, 4.69) is 15.3 Å². The van der Waals surface area contributed by atoms with Gasteiger partial charge in [-0.1, -0.05) is 13.0 Å². The van der Waals surface area contributed by atoms with Crippen LogP contribution in [0.2, 0.25) is 0 Å². The predicted octanol–water partition coefficient (Wildman–Crippen LogP) is 2.91. The Hall–Kier alpha value is -1.88. The van der Waals surface area contributed by atoms with E-state index in [1.165, 1.54) is 0 Å². The molecule has 1 amide bonds. The largest absolute Gasteiger partial charge is 0.351 e. The zero-order chi connectivity index (χ0) is 14.2. The minimum Gasteiger partial charge on any atom is -0.351 e. The molecule has 0 aromatic carbocycles. The predicted molar refractivity (Wildman–Crippen MR) is 80.7 cm³/mol. The first kappa shape index (κ1) is 14.5. The minimum absolute atomic E-state index is 0.114. The molecule has 0 bridgehead atoms. The first-order valence-corrected chi connectivity index (χ1v) is 7.55. The molecule has 0 saturated heterocycles. The highest BCUT2D eigenvalue weighted by Gasteiger charge is 2.07. The Balaban J connectivity index is 1.97. The Bertz CT molecular complexity index is 560. The van der Waals surface area contributed by atoms with Crippen LogP contribution in [0.4, 0.5) is 0 Å². The van der Waals surface area contributed by atoms with E-state index in [4.69, 9.17) is 0 Å². The maximum atomic E-state index is 11.8. The number of pyridine rings is 2. The van der Waals surface area contributed by atoms with Crippen molar-refractivity contribution in [2.24, 2.45) is 0 Å².